The Hall–Kier alpha value is -3.40. The third kappa shape index (κ3) is 4.54. The largest absolute Gasteiger partial charge is 0.473 e. The van der Waals surface area contributed by atoms with Gasteiger partial charge >= 0.3 is 0 Å². The van der Waals surface area contributed by atoms with Crippen LogP contribution in [0.1, 0.15) is 35.2 Å². The molecule has 146 valence electrons. The fourth-order valence-electron chi connectivity index (χ4n) is 3.28. The lowest BCUT2D eigenvalue weighted by Crippen LogP contribution is -2.04. The number of para-hydroxylation sites is 2. The lowest BCUT2D eigenvalue weighted by atomic mass is 10.1. The van der Waals surface area contributed by atoms with Gasteiger partial charge in [0, 0.05) is 11.3 Å². The Bertz CT molecular complexity index is 1100. The molecule has 0 saturated carbocycles. The number of rotatable bonds is 7. The summed E-state index contributed by atoms with van der Waals surface area (Å²) < 4.78 is 11.8. The first-order valence-electron chi connectivity index (χ1n) is 9.91. The van der Waals surface area contributed by atoms with Crippen LogP contribution in [0.2, 0.25) is 0 Å². The summed E-state index contributed by atoms with van der Waals surface area (Å²) in [5.41, 5.74) is 6.11. The fraction of sp³-hybridized carbons (Fsp3) is 0.200. The van der Waals surface area contributed by atoms with Gasteiger partial charge in [-0.1, -0.05) is 55.5 Å². The van der Waals surface area contributed by atoms with Gasteiger partial charge in [-0.05, 0) is 55.2 Å². The van der Waals surface area contributed by atoms with E-state index in [1.54, 1.807) is 0 Å². The number of hydrogen-bond donors (Lipinski definition) is 0. The third-order valence-electron chi connectivity index (χ3n) is 4.87. The summed E-state index contributed by atoms with van der Waals surface area (Å²) in [6.07, 6.45) is 5.60. The maximum absolute atomic E-state index is 6.07. The van der Waals surface area contributed by atoms with Crippen molar-refractivity contribution in [1.29, 1.82) is 0 Å². The van der Waals surface area contributed by atoms with Crippen molar-refractivity contribution in [3.8, 4) is 5.88 Å². The van der Waals surface area contributed by atoms with Gasteiger partial charge in [-0.25, -0.2) is 9.97 Å². The number of benzene rings is 2. The molecule has 0 radical (unpaired) electrons. The third-order valence-corrected chi connectivity index (χ3v) is 4.87. The van der Waals surface area contributed by atoms with Gasteiger partial charge < -0.3 is 9.15 Å². The van der Waals surface area contributed by atoms with Gasteiger partial charge in [0.1, 0.15) is 12.1 Å². The van der Waals surface area contributed by atoms with Gasteiger partial charge in [-0.3, -0.25) is 0 Å². The van der Waals surface area contributed by atoms with Crippen LogP contribution in [0.4, 0.5) is 0 Å². The zero-order valence-corrected chi connectivity index (χ0v) is 16.8. The number of nitrogens with zero attached hydrogens (tertiary/aromatic N) is 2. The Labute approximate surface area is 170 Å². The highest BCUT2D eigenvalue weighted by atomic mass is 16.5. The number of pyridine rings is 1. The molecule has 0 N–H and O–H groups in total. The second-order valence-electron chi connectivity index (χ2n) is 6.95. The van der Waals surface area contributed by atoms with Gasteiger partial charge in [0.2, 0.25) is 11.8 Å². The molecule has 0 bridgehead atoms. The van der Waals surface area contributed by atoms with Crippen molar-refractivity contribution in [1.82, 2.24) is 9.97 Å². The molecule has 2 aromatic heterocycles. The molecule has 4 aromatic rings. The molecule has 29 heavy (non-hydrogen) atoms. The van der Waals surface area contributed by atoms with Crippen molar-refractivity contribution in [3.05, 3.63) is 95.0 Å². The standard InChI is InChI=1S/C25H24N2O2/c1-3-20-16-21(12-9-15-24-27-22-13-7-8-14-23(22)29-24)25(26-18(20)2)28-17-19-10-5-4-6-11-19/h4-11,13-16H,3,12,17H2,1-2H3/b15-9-. The minimum atomic E-state index is 0.501. The summed E-state index contributed by atoms with van der Waals surface area (Å²) in [5, 5.41) is 0. The molecule has 0 aliphatic rings. The molecule has 4 heteroatoms. The lowest BCUT2D eigenvalue weighted by molar-refractivity contribution is 0.290. The molecule has 0 amide bonds. The van der Waals surface area contributed by atoms with Crippen molar-refractivity contribution >= 4 is 17.2 Å². The van der Waals surface area contributed by atoms with E-state index in [0.29, 0.717) is 24.8 Å². The molecule has 2 heterocycles. The average Bonchev–Trinajstić information content (AvgIpc) is 3.17. The van der Waals surface area contributed by atoms with E-state index in [-0.39, 0.29) is 0 Å². The van der Waals surface area contributed by atoms with E-state index in [1.165, 1.54) is 5.56 Å². The molecule has 0 aliphatic heterocycles. The second-order valence-corrected chi connectivity index (χ2v) is 6.95. The van der Waals surface area contributed by atoms with Crippen LogP contribution in [0.15, 0.2) is 71.2 Å². The average molecular weight is 384 g/mol. The summed E-state index contributed by atoms with van der Waals surface area (Å²) >= 11 is 0. The number of allylic oxidation sites excluding steroid dienone is 1. The highest BCUT2D eigenvalue weighted by Crippen LogP contribution is 2.23. The Morgan fingerprint density at radius 2 is 1.76 bits per heavy atom. The maximum atomic E-state index is 6.07. The quantitative estimate of drug-likeness (QED) is 0.396. The van der Waals surface area contributed by atoms with E-state index < -0.39 is 0 Å². The molecule has 0 unspecified atom stereocenters. The number of hydrogen-bond acceptors (Lipinski definition) is 4. The number of oxazole rings is 1. The van der Waals surface area contributed by atoms with Crippen molar-refractivity contribution in [2.45, 2.75) is 33.3 Å². The molecule has 4 nitrogen and oxygen atoms in total. The van der Waals surface area contributed by atoms with Crippen LogP contribution in [-0.4, -0.2) is 9.97 Å². The van der Waals surface area contributed by atoms with E-state index in [2.05, 4.69) is 30.1 Å². The molecule has 0 spiro atoms. The molecule has 2 aromatic carbocycles. The topological polar surface area (TPSA) is 48.2 Å². The van der Waals surface area contributed by atoms with Crippen molar-refractivity contribution in [2.75, 3.05) is 0 Å². The Morgan fingerprint density at radius 3 is 2.55 bits per heavy atom. The monoisotopic (exact) mass is 384 g/mol. The smallest absolute Gasteiger partial charge is 0.219 e. The van der Waals surface area contributed by atoms with Crippen LogP contribution < -0.4 is 4.74 Å². The van der Waals surface area contributed by atoms with E-state index in [4.69, 9.17) is 14.1 Å². The van der Waals surface area contributed by atoms with Gasteiger partial charge in [-0.15, -0.1) is 0 Å². The zero-order valence-electron chi connectivity index (χ0n) is 16.8. The summed E-state index contributed by atoms with van der Waals surface area (Å²) in [4.78, 5) is 9.21. The first kappa shape index (κ1) is 18.9. The SMILES string of the molecule is CCc1cc(C/C=C\c2nc3ccccc3o2)c(OCc2ccccc2)nc1C. The van der Waals surface area contributed by atoms with Crippen LogP contribution in [0, 0.1) is 6.92 Å². The Morgan fingerprint density at radius 1 is 0.966 bits per heavy atom. The van der Waals surface area contributed by atoms with Crippen LogP contribution in [0.3, 0.4) is 0 Å². The molecule has 4 rings (SSSR count). The molecule has 0 aliphatic carbocycles. The van der Waals surface area contributed by atoms with Crippen molar-refractivity contribution in [3.63, 3.8) is 0 Å². The first-order chi connectivity index (χ1) is 14.2. The number of fused-ring (bicyclic) bond motifs is 1. The van der Waals surface area contributed by atoms with E-state index >= 15 is 0 Å². The number of aryl methyl sites for hydroxylation is 2. The Balaban J connectivity index is 1.54. The zero-order chi connectivity index (χ0) is 20.1. The highest BCUT2D eigenvalue weighted by molar-refractivity contribution is 5.73. The minimum Gasteiger partial charge on any atom is -0.473 e. The Kier molecular flexibility index (Phi) is 5.71. The summed E-state index contributed by atoms with van der Waals surface area (Å²) in [7, 11) is 0. The van der Waals surface area contributed by atoms with Crippen molar-refractivity contribution < 1.29 is 9.15 Å². The summed E-state index contributed by atoms with van der Waals surface area (Å²) in [6.45, 7) is 4.68. The van der Waals surface area contributed by atoms with E-state index in [1.807, 2.05) is 61.5 Å². The molecular weight excluding hydrogens is 360 g/mol. The molecule has 0 atom stereocenters. The summed E-state index contributed by atoms with van der Waals surface area (Å²) in [5.74, 6) is 1.29. The fourth-order valence-corrected chi connectivity index (χ4v) is 3.28. The van der Waals surface area contributed by atoms with Crippen LogP contribution in [-0.2, 0) is 19.4 Å². The molecule has 0 saturated heterocycles. The normalized spacial score (nSPS) is 11.4. The second kappa shape index (κ2) is 8.74. The first-order valence-corrected chi connectivity index (χ1v) is 9.91. The van der Waals surface area contributed by atoms with Crippen LogP contribution in [0.5, 0.6) is 5.88 Å². The summed E-state index contributed by atoms with van der Waals surface area (Å²) in [6, 6.07) is 20.1. The van der Waals surface area contributed by atoms with Gasteiger partial charge in [-0.2, -0.15) is 0 Å². The molecule has 0 fully saturated rings. The van der Waals surface area contributed by atoms with Crippen LogP contribution >= 0.6 is 0 Å². The predicted molar refractivity (Wildman–Crippen MR) is 116 cm³/mol. The van der Waals surface area contributed by atoms with Crippen LogP contribution in [0.25, 0.3) is 17.2 Å². The maximum Gasteiger partial charge on any atom is 0.219 e. The predicted octanol–water partition coefficient (Wildman–Crippen LogP) is 5.93. The lowest BCUT2D eigenvalue weighted by Gasteiger charge is -2.13. The minimum absolute atomic E-state index is 0.501. The van der Waals surface area contributed by atoms with Gasteiger partial charge in [0.05, 0.1) is 0 Å². The molecular formula is C25H24N2O2. The van der Waals surface area contributed by atoms with E-state index in [0.717, 1.165) is 34.3 Å². The van der Waals surface area contributed by atoms with Gasteiger partial charge in [0.15, 0.2) is 5.58 Å². The number of aromatic nitrogens is 2. The van der Waals surface area contributed by atoms with E-state index in [9.17, 15) is 0 Å². The highest BCUT2D eigenvalue weighted by Gasteiger charge is 2.10. The van der Waals surface area contributed by atoms with Gasteiger partial charge in [0.25, 0.3) is 0 Å². The van der Waals surface area contributed by atoms with Crippen molar-refractivity contribution in [2.24, 2.45) is 0 Å². The number of ether oxygens (including phenoxy) is 1.